The van der Waals surface area contributed by atoms with Crippen LogP contribution in [0.3, 0.4) is 0 Å². The Morgan fingerprint density at radius 3 is 3.11 bits per heavy atom. The van der Waals surface area contributed by atoms with E-state index in [1.54, 1.807) is 12.1 Å². The van der Waals surface area contributed by atoms with Gasteiger partial charge < -0.3 is 10.5 Å². The molecule has 0 saturated carbocycles. The van der Waals surface area contributed by atoms with E-state index in [4.69, 9.17) is 22.1 Å². The molecule has 0 spiro atoms. The second kappa shape index (κ2) is 4.66. The number of amides is 1. The van der Waals surface area contributed by atoms with Crippen LogP contribution in [0.5, 0.6) is 5.75 Å². The topological polar surface area (TPSA) is 67.6 Å². The molecule has 0 aromatic heterocycles. The van der Waals surface area contributed by atoms with Gasteiger partial charge in [-0.05, 0) is 36.3 Å². The van der Waals surface area contributed by atoms with Gasteiger partial charge in [0.05, 0.1) is 12.5 Å². The van der Waals surface area contributed by atoms with Crippen LogP contribution in [0.4, 0.5) is 0 Å². The minimum absolute atomic E-state index is 0.0117. The molecule has 1 amide bonds. The summed E-state index contributed by atoms with van der Waals surface area (Å²) in [6, 6.07) is 5.47. The van der Waals surface area contributed by atoms with Crippen molar-refractivity contribution in [3.8, 4) is 5.75 Å². The molecule has 2 aliphatic heterocycles. The van der Waals surface area contributed by atoms with Crippen molar-refractivity contribution in [2.24, 2.45) is 11.7 Å². The summed E-state index contributed by atoms with van der Waals surface area (Å²) < 4.78 is 5.62. The van der Waals surface area contributed by atoms with E-state index in [1.807, 2.05) is 12.1 Å². The lowest BCUT2D eigenvalue weighted by Gasteiger charge is -2.28. The number of carbonyl (C=O) groups excluding carboxylic acids is 1. The quantitative estimate of drug-likeness (QED) is 0.806. The first-order valence-electron chi connectivity index (χ1n) is 6.08. The van der Waals surface area contributed by atoms with E-state index < -0.39 is 0 Å². The van der Waals surface area contributed by atoms with Gasteiger partial charge in [-0.2, -0.15) is 0 Å². The Kier molecular flexibility index (Phi) is 2.98. The third-order valence-corrected chi connectivity index (χ3v) is 3.54. The Hall–Kier alpha value is -1.88. The van der Waals surface area contributed by atoms with Gasteiger partial charge in [0.15, 0.2) is 0 Å². The number of hydrogen-bond acceptors (Lipinski definition) is 4. The molecular weight excluding hydrogens is 266 g/mol. The van der Waals surface area contributed by atoms with Crippen molar-refractivity contribution in [3.63, 3.8) is 0 Å². The molecule has 6 heteroatoms. The highest BCUT2D eigenvalue weighted by Crippen LogP contribution is 2.30. The fourth-order valence-electron chi connectivity index (χ4n) is 2.32. The second-order valence-electron chi connectivity index (χ2n) is 4.68. The van der Waals surface area contributed by atoms with Crippen LogP contribution in [0.1, 0.15) is 5.56 Å². The molecule has 1 aromatic rings. The van der Waals surface area contributed by atoms with Gasteiger partial charge in [-0.25, -0.2) is 0 Å². The van der Waals surface area contributed by atoms with Crippen LogP contribution in [0.2, 0.25) is 5.02 Å². The van der Waals surface area contributed by atoms with Crippen molar-refractivity contribution in [1.82, 2.24) is 10.4 Å². The number of hydrazine groups is 1. The van der Waals surface area contributed by atoms with Crippen molar-refractivity contribution < 1.29 is 9.53 Å². The van der Waals surface area contributed by atoms with Crippen LogP contribution < -0.4 is 15.9 Å². The zero-order valence-electron chi connectivity index (χ0n) is 10.2. The van der Waals surface area contributed by atoms with Gasteiger partial charge in [0.25, 0.3) is 0 Å². The molecule has 3 N–H and O–H groups in total. The van der Waals surface area contributed by atoms with Crippen molar-refractivity contribution in [2.75, 3.05) is 13.2 Å². The van der Waals surface area contributed by atoms with E-state index in [-0.39, 0.29) is 11.8 Å². The van der Waals surface area contributed by atoms with Crippen molar-refractivity contribution in [3.05, 3.63) is 40.7 Å². The zero-order valence-corrected chi connectivity index (χ0v) is 11.0. The maximum atomic E-state index is 12.3. The lowest BCUT2D eigenvalue weighted by Crippen LogP contribution is -2.45. The summed E-state index contributed by atoms with van der Waals surface area (Å²) >= 11 is 5.96. The van der Waals surface area contributed by atoms with Gasteiger partial charge in [0.2, 0.25) is 5.91 Å². The Labute approximate surface area is 115 Å². The Balaban J connectivity index is 1.73. The summed E-state index contributed by atoms with van der Waals surface area (Å²) in [5.41, 5.74) is 9.39. The van der Waals surface area contributed by atoms with E-state index in [0.29, 0.717) is 30.4 Å². The molecule has 0 saturated heterocycles. The van der Waals surface area contributed by atoms with Gasteiger partial charge in [0, 0.05) is 5.02 Å². The van der Waals surface area contributed by atoms with E-state index in [1.165, 1.54) is 5.01 Å². The fraction of sp³-hybridized carbons (Fsp3) is 0.308. The molecule has 1 aromatic carbocycles. The maximum Gasteiger partial charge on any atom is 0.248 e. The number of halogens is 1. The molecule has 1 atom stereocenters. The SMILES string of the molecule is NC1=CCN(C(=O)C2COc3ccc(Cl)cc3C2)N1. The first-order valence-corrected chi connectivity index (χ1v) is 6.46. The summed E-state index contributed by atoms with van der Waals surface area (Å²) in [5.74, 6) is 1.09. The lowest BCUT2D eigenvalue weighted by molar-refractivity contribution is -0.138. The molecule has 0 fully saturated rings. The average molecular weight is 280 g/mol. The maximum absolute atomic E-state index is 12.3. The minimum Gasteiger partial charge on any atom is -0.492 e. The Morgan fingerprint density at radius 2 is 2.37 bits per heavy atom. The summed E-state index contributed by atoms with van der Waals surface area (Å²) in [7, 11) is 0. The summed E-state index contributed by atoms with van der Waals surface area (Å²) in [5, 5.41) is 2.17. The van der Waals surface area contributed by atoms with Gasteiger partial charge in [-0.1, -0.05) is 11.6 Å². The summed E-state index contributed by atoms with van der Waals surface area (Å²) in [6.07, 6.45) is 2.40. The second-order valence-corrected chi connectivity index (χ2v) is 5.12. The highest BCUT2D eigenvalue weighted by Gasteiger charge is 2.31. The van der Waals surface area contributed by atoms with Crippen LogP contribution in [0, 0.1) is 5.92 Å². The lowest BCUT2D eigenvalue weighted by atomic mass is 9.96. The summed E-state index contributed by atoms with van der Waals surface area (Å²) in [4.78, 5) is 12.3. The predicted molar refractivity (Wildman–Crippen MR) is 71.3 cm³/mol. The molecule has 2 heterocycles. The first-order chi connectivity index (χ1) is 9.13. The normalized spacial score (nSPS) is 21.2. The smallest absolute Gasteiger partial charge is 0.248 e. The van der Waals surface area contributed by atoms with Crippen molar-refractivity contribution >= 4 is 17.5 Å². The summed E-state index contributed by atoms with van der Waals surface area (Å²) in [6.45, 7) is 0.870. The number of hydrogen-bond donors (Lipinski definition) is 2. The highest BCUT2D eigenvalue weighted by molar-refractivity contribution is 6.30. The molecular formula is C13H14ClN3O2. The van der Waals surface area contributed by atoms with Gasteiger partial charge in [-0.3, -0.25) is 15.2 Å². The molecule has 0 aliphatic carbocycles. The predicted octanol–water partition coefficient (Wildman–Crippen LogP) is 1.04. The molecule has 100 valence electrons. The van der Waals surface area contributed by atoms with E-state index >= 15 is 0 Å². The van der Waals surface area contributed by atoms with Crippen LogP contribution in [0.15, 0.2) is 30.1 Å². The number of nitrogens with one attached hydrogen (secondary N) is 1. The Bertz CT molecular complexity index is 559. The highest BCUT2D eigenvalue weighted by atomic mass is 35.5. The largest absolute Gasteiger partial charge is 0.492 e. The van der Waals surface area contributed by atoms with E-state index in [2.05, 4.69) is 5.43 Å². The van der Waals surface area contributed by atoms with Crippen LogP contribution in [-0.2, 0) is 11.2 Å². The molecule has 5 nitrogen and oxygen atoms in total. The number of fused-ring (bicyclic) bond motifs is 1. The number of nitrogens with zero attached hydrogens (tertiary/aromatic N) is 1. The molecule has 2 aliphatic rings. The average Bonchev–Trinajstić information content (AvgIpc) is 2.83. The van der Waals surface area contributed by atoms with Gasteiger partial charge in [-0.15, -0.1) is 0 Å². The number of ether oxygens (including phenoxy) is 1. The molecule has 0 bridgehead atoms. The zero-order chi connectivity index (χ0) is 13.4. The minimum atomic E-state index is -0.210. The van der Waals surface area contributed by atoms with E-state index in [0.717, 1.165) is 11.3 Å². The first kappa shape index (κ1) is 12.2. The number of rotatable bonds is 1. The van der Waals surface area contributed by atoms with Crippen LogP contribution in [0.25, 0.3) is 0 Å². The molecule has 1 unspecified atom stereocenters. The monoisotopic (exact) mass is 279 g/mol. The standard InChI is InChI=1S/C13H14ClN3O2/c14-10-1-2-11-8(6-10)5-9(7-19-11)13(18)17-4-3-12(15)16-17/h1-3,6,9,16H,4-5,7,15H2. The number of carbonyl (C=O) groups is 1. The molecule has 0 radical (unpaired) electrons. The third kappa shape index (κ3) is 2.33. The van der Waals surface area contributed by atoms with Crippen LogP contribution >= 0.6 is 11.6 Å². The number of benzene rings is 1. The number of nitrogens with two attached hydrogens (primary N) is 1. The third-order valence-electron chi connectivity index (χ3n) is 3.30. The van der Waals surface area contributed by atoms with Gasteiger partial charge >= 0.3 is 0 Å². The van der Waals surface area contributed by atoms with Gasteiger partial charge in [0.1, 0.15) is 18.2 Å². The van der Waals surface area contributed by atoms with Crippen molar-refractivity contribution in [2.45, 2.75) is 6.42 Å². The fourth-order valence-corrected chi connectivity index (χ4v) is 2.52. The molecule has 19 heavy (non-hydrogen) atoms. The van der Waals surface area contributed by atoms with Crippen molar-refractivity contribution in [1.29, 1.82) is 0 Å². The molecule has 3 rings (SSSR count). The van der Waals surface area contributed by atoms with Crippen LogP contribution in [-0.4, -0.2) is 24.1 Å². The van der Waals surface area contributed by atoms with E-state index in [9.17, 15) is 4.79 Å². The Morgan fingerprint density at radius 1 is 1.53 bits per heavy atom.